The zero-order chi connectivity index (χ0) is 18.3. The van der Waals surface area contributed by atoms with E-state index >= 15 is 0 Å². The van der Waals surface area contributed by atoms with Crippen molar-refractivity contribution in [3.8, 4) is 11.5 Å². The highest BCUT2D eigenvalue weighted by Gasteiger charge is 2.24. The second-order valence-corrected chi connectivity index (χ2v) is 7.50. The molecule has 4 heteroatoms. The molecule has 132 valence electrons. The van der Waals surface area contributed by atoms with Gasteiger partial charge in [0.05, 0.1) is 5.02 Å². The van der Waals surface area contributed by atoms with E-state index in [1.54, 1.807) is 12.1 Å². The Morgan fingerprint density at radius 3 is 2.12 bits per heavy atom. The van der Waals surface area contributed by atoms with Crippen molar-refractivity contribution in [2.24, 2.45) is 0 Å². The van der Waals surface area contributed by atoms with Crippen LogP contribution < -0.4 is 0 Å². The zero-order valence-corrected chi connectivity index (χ0v) is 15.6. The first kappa shape index (κ1) is 17.3. The number of aromatic hydroxyl groups is 2. The molecular formula is C22H18Cl2O2. The number of hydrogen-bond donors (Lipinski definition) is 2. The van der Waals surface area contributed by atoms with Gasteiger partial charge >= 0.3 is 0 Å². The maximum Gasteiger partial charge on any atom is 0.142 e. The minimum absolute atomic E-state index is 0.0239. The van der Waals surface area contributed by atoms with E-state index in [9.17, 15) is 10.2 Å². The van der Waals surface area contributed by atoms with E-state index < -0.39 is 0 Å². The molecule has 0 unspecified atom stereocenters. The zero-order valence-electron chi connectivity index (χ0n) is 14.0. The predicted octanol–water partition coefficient (Wildman–Crippen LogP) is 6.91. The van der Waals surface area contributed by atoms with Crippen LogP contribution in [0.5, 0.6) is 11.5 Å². The third kappa shape index (κ3) is 2.94. The smallest absolute Gasteiger partial charge is 0.142 e. The van der Waals surface area contributed by atoms with Crippen LogP contribution in [-0.4, -0.2) is 10.2 Å². The van der Waals surface area contributed by atoms with E-state index in [2.05, 4.69) is 18.2 Å². The van der Waals surface area contributed by atoms with Gasteiger partial charge in [-0.2, -0.15) is 0 Å². The lowest BCUT2D eigenvalue weighted by Gasteiger charge is -2.24. The Labute approximate surface area is 162 Å². The van der Waals surface area contributed by atoms with Crippen molar-refractivity contribution in [3.05, 3.63) is 75.8 Å². The first-order chi connectivity index (χ1) is 12.6. The van der Waals surface area contributed by atoms with Gasteiger partial charge in [0.25, 0.3) is 0 Å². The molecule has 2 nitrogen and oxygen atoms in total. The summed E-state index contributed by atoms with van der Waals surface area (Å²) >= 11 is 12.4. The Balaban J connectivity index is 1.72. The summed E-state index contributed by atoms with van der Waals surface area (Å²) in [7, 11) is 0. The van der Waals surface area contributed by atoms with E-state index in [1.807, 2.05) is 24.3 Å². The van der Waals surface area contributed by atoms with Crippen LogP contribution in [0.2, 0.25) is 10.0 Å². The Morgan fingerprint density at radius 1 is 0.846 bits per heavy atom. The van der Waals surface area contributed by atoms with Gasteiger partial charge in [0.15, 0.2) is 0 Å². The molecular weight excluding hydrogens is 367 g/mol. The fraction of sp³-hybridized carbons (Fsp3) is 0.182. The fourth-order valence-corrected chi connectivity index (χ4v) is 4.20. The van der Waals surface area contributed by atoms with Gasteiger partial charge in [-0.3, -0.25) is 0 Å². The van der Waals surface area contributed by atoms with Crippen molar-refractivity contribution in [1.82, 2.24) is 0 Å². The number of phenolic OH excluding ortho intramolecular Hbond substituents is 2. The van der Waals surface area contributed by atoms with Crippen LogP contribution in [0, 0.1) is 0 Å². The highest BCUT2D eigenvalue weighted by Crippen LogP contribution is 2.48. The Bertz CT molecular complexity index is 1010. The maximum atomic E-state index is 10.8. The number of phenols is 2. The molecule has 0 heterocycles. The monoisotopic (exact) mass is 384 g/mol. The highest BCUT2D eigenvalue weighted by atomic mass is 35.5. The number of benzene rings is 3. The molecule has 0 bridgehead atoms. The van der Waals surface area contributed by atoms with Gasteiger partial charge in [0, 0.05) is 21.4 Å². The molecule has 0 aromatic heterocycles. The summed E-state index contributed by atoms with van der Waals surface area (Å²) in [5.41, 5.74) is 2.80. The molecule has 2 N–H and O–H groups in total. The molecule has 0 saturated carbocycles. The van der Waals surface area contributed by atoms with Gasteiger partial charge in [0.1, 0.15) is 11.5 Å². The van der Waals surface area contributed by atoms with Crippen LogP contribution in [0.1, 0.15) is 36.3 Å². The second-order valence-electron chi connectivity index (χ2n) is 6.68. The minimum atomic E-state index is 0.0239. The van der Waals surface area contributed by atoms with E-state index in [-0.39, 0.29) is 16.5 Å². The molecule has 0 radical (unpaired) electrons. The molecule has 3 aromatic carbocycles. The SMILES string of the molecule is Oc1c(Cl)c(C2=CC[C@H](c3ccc(Cl)cc3)CC2)c(O)c2ccccc12. The van der Waals surface area contributed by atoms with Crippen LogP contribution in [0.15, 0.2) is 54.6 Å². The summed E-state index contributed by atoms with van der Waals surface area (Å²) in [6.07, 6.45) is 4.73. The quantitative estimate of drug-likeness (QED) is 0.471. The van der Waals surface area contributed by atoms with Crippen molar-refractivity contribution in [2.45, 2.75) is 25.2 Å². The van der Waals surface area contributed by atoms with E-state index in [0.29, 0.717) is 22.3 Å². The van der Waals surface area contributed by atoms with Crippen molar-refractivity contribution in [3.63, 3.8) is 0 Å². The summed E-state index contributed by atoms with van der Waals surface area (Å²) < 4.78 is 0. The number of hydrogen-bond acceptors (Lipinski definition) is 2. The van der Waals surface area contributed by atoms with Gasteiger partial charge in [-0.1, -0.05) is 65.7 Å². The van der Waals surface area contributed by atoms with Crippen LogP contribution >= 0.6 is 23.2 Å². The van der Waals surface area contributed by atoms with Gasteiger partial charge in [-0.25, -0.2) is 0 Å². The Kier molecular flexibility index (Phi) is 4.56. The molecule has 1 aliphatic rings. The number of fused-ring (bicyclic) bond motifs is 1. The molecule has 1 aliphatic carbocycles. The molecule has 0 aliphatic heterocycles. The second kappa shape index (κ2) is 6.86. The molecule has 0 saturated heterocycles. The normalized spacial score (nSPS) is 17.3. The average Bonchev–Trinajstić information content (AvgIpc) is 2.68. The first-order valence-corrected chi connectivity index (χ1v) is 9.39. The topological polar surface area (TPSA) is 40.5 Å². The van der Waals surface area contributed by atoms with Gasteiger partial charge < -0.3 is 10.2 Å². The van der Waals surface area contributed by atoms with Gasteiger partial charge in [0.2, 0.25) is 0 Å². The molecule has 26 heavy (non-hydrogen) atoms. The fourth-order valence-electron chi connectivity index (χ4n) is 3.76. The molecule has 4 rings (SSSR count). The van der Waals surface area contributed by atoms with Crippen LogP contribution in [0.4, 0.5) is 0 Å². The lowest BCUT2D eigenvalue weighted by molar-refractivity contribution is 0.467. The lowest BCUT2D eigenvalue weighted by atomic mass is 9.82. The number of allylic oxidation sites excluding steroid dienone is 2. The third-order valence-electron chi connectivity index (χ3n) is 5.17. The first-order valence-electron chi connectivity index (χ1n) is 8.63. The third-order valence-corrected chi connectivity index (χ3v) is 5.79. The summed E-state index contributed by atoms with van der Waals surface area (Å²) in [6, 6.07) is 15.2. The summed E-state index contributed by atoms with van der Waals surface area (Å²) in [5.74, 6) is 0.585. The lowest BCUT2D eigenvalue weighted by Crippen LogP contribution is -2.04. The van der Waals surface area contributed by atoms with E-state index in [1.165, 1.54) is 5.56 Å². The van der Waals surface area contributed by atoms with Gasteiger partial charge in [-0.05, 0) is 48.4 Å². The minimum Gasteiger partial charge on any atom is -0.507 e. The largest absolute Gasteiger partial charge is 0.507 e. The molecule has 0 amide bonds. The predicted molar refractivity (Wildman–Crippen MR) is 108 cm³/mol. The summed E-state index contributed by atoms with van der Waals surface area (Å²) in [6.45, 7) is 0. The Morgan fingerprint density at radius 2 is 1.50 bits per heavy atom. The van der Waals surface area contributed by atoms with Crippen molar-refractivity contribution >= 4 is 39.5 Å². The van der Waals surface area contributed by atoms with Crippen molar-refractivity contribution in [2.75, 3.05) is 0 Å². The molecule has 0 spiro atoms. The average molecular weight is 385 g/mol. The van der Waals surface area contributed by atoms with E-state index in [4.69, 9.17) is 23.2 Å². The Hall–Kier alpha value is -2.16. The summed E-state index contributed by atoms with van der Waals surface area (Å²) in [4.78, 5) is 0. The van der Waals surface area contributed by atoms with Gasteiger partial charge in [-0.15, -0.1) is 0 Å². The molecule has 1 atom stereocenters. The molecule has 0 fully saturated rings. The van der Waals surface area contributed by atoms with E-state index in [0.717, 1.165) is 29.9 Å². The van der Waals surface area contributed by atoms with Crippen LogP contribution in [-0.2, 0) is 0 Å². The van der Waals surface area contributed by atoms with Crippen LogP contribution in [0.25, 0.3) is 16.3 Å². The number of rotatable bonds is 2. The van der Waals surface area contributed by atoms with Crippen molar-refractivity contribution < 1.29 is 10.2 Å². The highest BCUT2D eigenvalue weighted by molar-refractivity contribution is 6.35. The summed E-state index contributed by atoms with van der Waals surface area (Å²) in [5, 5.41) is 23.4. The molecule has 3 aromatic rings. The standard InChI is InChI=1S/C22H18Cl2O2/c23-16-11-9-14(10-12-16)13-5-7-15(8-6-13)19-20(24)22(26)18-4-2-1-3-17(18)21(19)25/h1-4,7,9-13,25-26H,5-6,8H2/t13-/m0/s1. The van der Waals surface area contributed by atoms with Crippen LogP contribution in [0.3, 0.4) is 0 Å². The maximum absolute atomic E-state index is 10.8. The van der Waals surface area contributed by atoms with Crippen molar-refractivity contribution in [1.29, 1.82) is 0 Å². The number of halogens is 2.